The summed E-state index contributed by atoms with van der Waals surface area (Å²) in [5.74, 6) is 0. The van der Waals surface area contributed by atoms with Crippen LogP contribution in [0.15, 0.2) is 115 Å². The van der Waals surface area contributed by atoms with Crippen molar-refractivity contribution in [2.45, 2.75) is 91.6 Å². The maximum Gasteiger partial charge on any atom is 0.512 e. The molecule has 0 spiro atoms. The number of amides is 2. The number of hydrogen-bond donors (Lipinski definition) is 3. The summed E-state index contributed by atoms with van der Waals surface area (Å²) in [6.07, 6.45) is 15.0. The van der Waals surface area contributed by atoms with E-state index in [9.17, 15) is 9.59 Å². The summed E-state index contributed by atoms with van der Waals surface area (Å²) < 4.78 is 29.1. The van der Waals surface area contributed by atoms with E-state index >= 15 is 0 Å². The molecular formula is C46H62BBrClN9O6. The average Bonchev–Trinajstić information content (AvgIpc) is 3.94. The van der Waals surface area contributed by atoms with E-state index in [0.717, 1.165) is 32.6 Å². The summed E-state index contributed by atoms with van der Waals surface area (Å²) >= 11 is 3.26. The van der Waals surface area contributed by atoms with Gasteiger partial charge in [0.15, 0.2) is 0 Å². The largest absolute Gasteiger partial charge is 0.512 e. The maximum atomic E-state index is 11.7. The molecule has 6 aromatic rings. The quantitative estimate of drug-likeness (QED) is 0.141. The van der Waals surface area contributed by atoms with Gasteiger partial charge in [-0.1, -0.05) is 0 Å². The van der Waals surface area contributed by atoms with E-state index in [1.54, 1.807) is 37.1 Å². The van der Waals surface area contributed by atoms with Gasteiger partial charge in [0.1, 0.15) is 11.2 Å². The third-order valence-electron chi connectivity index (χ3n) is 9.45. The summed E-state index contributed by atoms with van der Waals surface area (Å²) in [6.45, 7) is 19.2. The summed E-state index contributed by atoms with van der Waals surface area (Å²) in [5, 5.41) is 5.27. The van der Waals surface area contributed by atoms with Crippen molar-refractivity contribution < 1.29 is 28.4 Å². The molecule has 0 atom stereocenters. The van der Waals surface area contributed by atoms with Crippen LogP contribution in [0.5, 0.6) is 0 Å². The average molecular weight is 963 g/mol. The lowest BCUT2D eigenvalue weighted by atomic mass is 9.85. The summed E-state index contributed by atoms with van der Waals surface area (Å²) in [7, 11) is 5.71. The van der Waals surface area contributed by atoms with Crippen LogP contribution in [0, 0.1) is 0 Å². The Hall–Kier alpha value is -5.62. The highest BCUT2D eigenvalue weighted by atomic mass is 79.9. The molecule has 0 radical (unpaired) electrons. The predicted octanol–water partition coefficient (Wildman–Crippen LogP) is 10.0. The number of anilines is 3. The van der Waals surface area contributed by atoms with Crippen LogP contribution >= 0.6 is 28.3 Å². The number of nitrogens with two attached hydrogens (primary N) is 1. The highest BCUT2D eigenvalue weighted by Crippen LogP contribution is 2.36. The zero-order valence-corrected chi connectivity index (χ0v) is 41.4. The minimum absolute atomic E-state index is 0. The van der Waals surface area contributed by atoms with E-state index in [2.05, 4.69) is 69.2 Å². The van der Waals surface area contributed by atoms with E-state index in [4.69, 9.17) is 24.5 Å². The minimum Gasteiger partial charge on any atom is -0.444 e. The second-order valence-electron chi connectivity index (χ2n) is 17.8. The first-order valence-corrected chi connectivity index (χ1v) is 21.1. The molecule has 0 aliphatic carbocycles. The van der Waals surface area contributed by atoms with Crippen molar-refractivity contribution in [3.8, 4) is 22.5 Å². The SMILES string of the molecule is CC(C)(C)OC(=O)Nc1cncc(Br)c1.Cl.Cn1cccc1-c1cncc(N)c1.Cn1cccc1-c1cncc(NC(=O)OC(C)(C)C)c1.Cn1cccc1B1OC(C)(C)C(C)(C)O1. The molecule has 7 heterocycles. The standard InChI is InChI=1S/C15H19N3O2.C11H18BNO2.C10H13BrN2O2.C10H11N3.ClH/c1-15(2,3)20-14(19)17-12-8-11(9-16-10-12)13-6-5-7-18(13)4;1-10(2)11(3,4)15-12(14-10)9-7-6-8-13(9)5;1-10(2,3)15-9(14)13-8-4-7(11)5-12-6-8;1-13-4-2-3-10(13)8-5-9(11)7-12-6-8;/h5-10H,1-4H3,(H,17,19);6-8H,1-5H3;4-6H,1-3H3,(H,13,14);2-7H,11H2,1H3;1H. The highest BCUT2D eigenvalue weighted by molar-refractivity contribution is 9.10. The second kappa shape index (κ2) is 22.3. The molecule has 0 bridgehead atoms. The van der Waals surface area contributed by atoms with Crippen molar-refractivity contribution in [2.75, 3.05) is 16.4 Å². The fraction of sp³-hybridized carbons (Fsp3) is 0.370. The van der Waals surface area contributed by atoms with E-state index in [1.807, 2.05) is 150 Å². The first kappa shape index (κ1) is 52.7. The normalized spacial score (nSPS) is 13.6. The molecule has 1 fully saturated rings. The number of carbonyl (C=O) groups is 2. The van der Waals surface area contributed by atoms with Gasteiger partial charge < -0.3 is 38.2 Å². The van der Waals surface area contributed by atoms with Crippen molar-refractivity contribution in [1.29, 1.82) is 0 Å². The number of halogens is 2. The Kier molecular flexibility index (Phi) is 18.4. The van der Waals surface area contributed by atoms with Crippen molar-refractivity contribution in [3.05, 3.63) is 115 Å². The Labute approximate surface area is 392 Å². The fourth-order valence-corrected chi connectivity index (χ4v) is 6.14. The van der Waals surface area contributed by atoms with E-state index in [1.165, 1.54) is 0 Å². The number of ether oxygens (including phenoxy) is 2. The second-order valence-corrected chi connectivity index (χ2v) is 18.7. The lowest BCUT2D eigenvalue weighted by molar-refractivity contribution is 0.00578. The van der Waals surface area contributed by atoms with E-state index < -0.39 is 23.4 Å². The molecule has 18 heteroatoms. The Morgan fingerprint density at radius 1 is 0.656 bits per heavy atom. The molecule has 15 nitrogen and oxygen atoms in total. The van der Waals surface area contributed by atoms with Crippen molar-refractivity contribution in [1.82, 2.24) is 28.7 Å². The lowest BCUT2D eigenvalue weighted by Gasteiger charge is -2.32. The van der Waals surface area contributed by atoms with E-state index in [0.29, 0.717) is 17.1 Å². The number of nitrogen functional groups attached to an aromatic ring is 1. The zero-order chi connectivity index (χ0) is 46.8. The maximum absolute atomic E-state index is 11.7. The van der Waals surface area contributed by atoms with Crippen molar-refractivity contribution in [3.63, 3.8) is 0 Å². The molecular weight excluding hydrogens is 901 g/mol. The molecule has 1 aliphatic rings. The van der Waals surface area contributed by atoms with Crippen molar-refractivity contribution >= 4 is 70.3 Å². The fourth-order valence-electron chi connectivity index (χ4n) is 5.77. The van der Waals surface area contributed by atoms with Gasteiger partial charge in [0.2, 0.25) is 0 Å². The third kappa shape index (κ3) is 16.2. The van der Waals surface area contributed by atoms with Gasteiger partial charge in [-0.3, -0.25) is 25.6 Å². The van der Waals surface area contributed by atoms with Crippen LogP contribution < -0.4 is 22.0 Å². The first-order chi connectivity index (χ1) is 29.3. The molecule has 4 N–H and O–H groups in total. The number of aryl methyl sites for hydroxylation is 3. The molecule has 6 aromatic heterocycles. The molecule has 2 amide bonds. The Bertz CT molecular complexity index is 2420. The summed E-state index contributed by atoms with van der Waals surface area (Å²) in [4.78, 5) is 35.2. The van der Waals surface area contributed by atoms with Gasteiger partial charge >= 0.3 is 19.3 Å². The number of nitrogens with zero attached hydrogens (tertiary/aromatic N) is 6. The van der Waals surface area contributed by atoms with Gasteiger partial charge in [-0.05, 0) is 140 Å². The first-order valence-electron chi connectivity index (χ1n) is 20.3. The molecule has 344 valence electrons. The monoisotopic (exact) mass is 961 g/mol. The summed E-state index contributed by atoms with van der Waals surface area (Å²) in [5.41, 5.74) is 11.2. The molecule has 0 unspecified atom stereocenters. The van der Waals surface area contributed by atoms with Gasteiger partial charge in [0, 0.05) is 97.1 Å². The zero-order valence-electron chi connectivity index (χ0n) is 39.0. The molecule has 0 aromatic carbocycles. The van der Waals surface area contributed by atoms with Crippen LogP contribution in [0.2, 0.25) is 0 Å². The van der Waals surface area contributed by atoms with Crippen LogP contribution in [-0.2, 0) is 39.9 Å². The summed E-state index contributed by atoms with van der Waals surface area (Å²) in [6, 6.07) is 17.6. The lowest BCUT2D eigenvalue weighted by Crippen LogP contribution is -2.41. The van der Waals surface area contributed by atoms with Crippen LogP contribution in [0.25, 0.3) is 22.5 Å². The Morgan fingerprint density at radius 3 is 1.48 bits per heavy atom. The van der Waals surface area contributed by atoms with Crippen molar-refractivity contribution in [2.24, 2.45) is 21.1 Å². The van der Waals surface area contributed by atoms with Gasteiger partial charge in [-0.2, -0.15) is 0 Å². The van der Waals surface area contributed by atoms with Gasteiger partial charge in [0.25, 0.3) is 0 Å². The van der Waals surface area contributed by atoms with Crippen LogP contribution in [0.1, 0.15) is 69.2 Å². The van der Waals surface area contributed by atoms with Gasteiger partial charge in [-0.15, -0.1) is 12.4 Å². The molecule has 1 aliphatic heterocycles. The number of carbonyl (C=O) groups excluding carboxylic acids is 2. The predicted molar refractivity (Wildman–Crippen MR) is 262 cm³/mol. The molecule has 0 saturated carbocycles. The molecule has 64 heavy (non-hydrogen) atoms. The number of hydrogen-bond acceptors (Lipinski definition) is 10. The number of pyridine rings is 3. The van der Waals surface area contributed by atoms with Gasteiger partial charge in [-0.25, -0.2) is 9.59 Å². The van der Waals surface area contributed by atoms with Crippen LogP contribution in [0.4, 0.5) is 26.7 Å². The molecule has 7 rings (SSSR count). The van der Waals surface area contributed by atoms with Crippen LogP contribution in [0.3, 0.4) is 0 Å². The molecule has 1 saturated heterocycles. The number of rotatable bonds is 5. The highest BCUT2D eigenvalue weighted by Gasteiger charge is 2.52. The number of aromatic nitrogens is 6. The van der Waals surface area contributed by atoms with Crippen LogP contribution in [-0.4, -0.2) is 70.4 Å². The van der Waals surface area contributed by atoms with Gasteiger partial charge in [0.05, 0.1) is 40.7 Å². The Morgan fingerprint density at radius 2 is 1.08 bits per heavy atom. The minimum atomic E-state index is -0.521. The van der Waals surface area contributed by atoms with E-state index in [-0.39, 0.29) is 30.7 Å². The Balaban J connectivity index is 0.000000228. The third-order valence-corrected chi connectivity index (χ3v) is 9.88. The number of nitrogens with one attached hydrogen (secondary N) is 2. The smallest absolute Gasteiger partial charge is 0.444 e. The topological polar surface area (TPSA) is 175 Å².